The molecular formula is C5H9NS. The normalized spacial score (nSPS) is 30.6. The summed E-state index contributed by atoms with van der Waals surface area (Å²) in [4.78, 5) is 4.20. The van der Waals surface area contributed by atoms with Crippen LogP contribution in [0.4, 0.5) is 0 Å². The van der Waals surface area contributed by atoms with Gasteiger partial charge in [-0.2, -0.15) is 0 Å². The van der Waals surface area contributed by atoms with Gasteiger partial charge in [-0.25, -0.2) is 0 Å². The number of rotatable bonds is 0. The fraction of sp³-hybridized carbons (Fsp3) is 0.800. The van der Waals surface area contributed by atoms with Crippen LogP contribution in [0, 0.1) is 0 Å². The summed E-state index contributed by atoms with van der Waals surface area (Å²) in [5.41, 5.74) is 1.30. The first kappa shape index (κ1) is 5.16. The van der Waals surface area contributed by atoms with Crippen LogP contribution in [0.5, 0.6) is 0 Å². The molecule has 1 atom stereocenters. The molecule has 0 saturated heterocycles. The lowest BCUT2D eigenvalue weighted by molar-refractivity contribution is 1.30. The third-order valence-electron chi connectivity index (χ3n) is 1.23. The lowest BCUT2D eigenvalue weighted by Crippen LogP contribution is -2.01. The number of hydrogen-bond acceptors (Lipinski definition) is 2. The highest BCUT2D eigenvalue weighted by molar-refractivity contribution is 8.00. The van der Waals surface area contributed by atoms with E-state index in [1.54, 1.807) is 0 Å². The first-order valence-corrected chi connectivity index (χ1v) is 3.48. The summed E-state index contributed by atoms with van der Waals surface area (Å²) in [6.45, 7) is 4.28. The van der Waals surface area contributed by atoms with Crippen LogP contribution in [0.25, 0.3) is 0 Å². The van der Waals surface area contributed by atoms with Crippen molar-refractivity contribution in [1.29, 1.82) is 0 Å². The zero-order chi connectivity index (χ0) is 5.28. The molecule has 1 heterocycles. The van der Waals surface area contributed by atoms with Gasteiger partial charge in [0.15, 0.2) is 0 Å². The van der Waals surface area contributed by atoms with Gasteiger partial charge in [0.2, 0.25) is 0 Å². The largest absolute Gasteiger partial charge is 0.282 e. The van der Waals surface area contributed by atoms with E-state index in [0.29, 0.717) is 5.25 Å². The molecule has 40 valence electrons. The van der Waals surface area contributed by atoms with Crippen molar-refractivity contribution >= 4 is 17.5 Å². The molecule has 0 radical (unpaired) electrons. The zero-order valence-corrected chi connectivity index (χ0v) is 5.46. The summed E-state index contributed by atoms with van der Waals surface area (Å²) < 4.78 is 0. The van der Waals surface area contributed by atoms with E-state index in [-0.39, 0.29) is 0 Å². The van der Waals surface area contributed by atoms with E-state index in [1.165, 1.54) is 5.71 Å². The minimum atomic E-state index is 0.681. The van der Waals surface area contributed by atoms with Crippen LogP contribution in [0.2, 0.25) is 0 Å². The molecule has 0 aliphatic carbocycles. The monoisotopic (exact) mass is 115 g/mol. The fourth-order valence-corrected chi connectivity index (χ4v) is 1.32. The second-order valence-electron chi connectivity index (χ2n) is 1.74. The average Bonchev–Trinajstić information content (AvgIpc) is 1.91. The highest BCUT2D eigenvalue weighted by Gasteiger charge is 2.10. The van der Waals surface area contributed by atoms with Gasteiger partial charge in [-0.3, -0.25) is 4.99 Å². The van der Waals surface area contributed by atoms with E-state index in [0.717, 1.165) is 5.88 Å². The number of nitrogens with zero attached hydrogens (tertiary/aromatic N) is 1. The second kappa shape index (κ2) is 1.86. The Kier molecular flexibility index (Phi) is 1.38. The van der Waals surface area contributed by atoms with Gasteiger partial charge >= 0.3 is 0 Å². The van der Waals surface area contributed by atoms with Crippen LogP contribution < -0.4 is 0 Å². The van der Waals surface area contributed by atoms with E-state index in [4.69, 9.17) is 0 Å². The summed E-state index contributed by atoms with van der Waals surface area (Å²) in [6, 6.07) is 0. The molecule has 0 amide bonds. The van der Waals surface area contributed by atoms with Gasteiger partial charge in [0, 0.05) is 11.0 Å². The minimum absolute atomic E-state index is 0.681. The van der Waals surface area contributed by atoms with Crippen LogP contribution in [0.15, 0.2) is 4.99 Å². The third kappa shape index (κ3) is 0.969. The molecule has 0 aromatic heterocycles. The molecular weight excluding hydrogens is 106 g/mol. The molecule has 2 heteroatoms. The topological polar surface area (TPSA) is 12.4 Å². The van der Waals surface area contributed by atoms with Gasteiger partial charge < -0.3 is 0 Å². The van der Waals surface area contributed by atoms with Crippen molar-refractivity contribution in [2.24, 2.45) is 4.99 Å². The molecule has 0 aromatic carbocycles. The SMILES string of the molecule is CC1=NCSC1C. The van der Waals surface area contributed by atoms with E-state index < -0.39 is 0 Å². The maximum absolute atomic E-state index is 4.20. The molecule has 1 nitrogen and oxygen atoms in total. The van der Waals surface area contributed by atoms with Crippen LogP contribution in [0.1, 0.15) is 13.8 Å². The van der Waals surface area contributed by atoms with Crippen molar-refractivity contribution in [2.75, 3.05) is 5.88 Å². The smallest absolute Gasteiger partial charge is 0.0850 e. The van der Waals surface area contributed by atoms with Gasteiger partial charge in [0.25, 0.3) is 0 Å². The Hall–Kier alpha value is 0.0200. The molecule has 1 rings (SSSR count). The Morgan fingerprint density at radius 2 is 2.57 bits per heavy atom. The quantitative estimate of drug-likeness (QED) is 0.466. The second-order valence-corrected chi connectivity index (χ2v) is 3.04. The first-order chi connectivity index (χ1) is 3.30. The first-order valence-electron chi connectivity index (χ1n) is 2.43. The molecule has 0 aromatic rings. The molecule has 1 aliphatic heterocycles. The van der Waals surface area contributed by atoms with Crippen molar-refractivity contribution < 1.29 is 0 Å². The lowest BCUT2D eigenvalue weighted by atomic mass is 10.3. The minimum Gasteiger partial charge on any atom is -0.282 e. The molecule has 0 fully saturated rings. The van der Waals surface area contributed by atoms with Crippen LogP contribution in [-0.4, -0.2) is 16.8 Å². The summed E-state index contributed by atoms with van der Waals surface area (Å²) in [5, 5.41) is 0.681. The highest BCUT2D eigenvalue weighted by atomic mass is 32.2. The Labute approximate surface area is 48.2 Å². The summed E-state index contributed by atoms with van der Waals surface area (Å²) >= 11 is 1.90. The standard InChI is InChI=1S/C5H9NS/c1-4-5(2)7-3-6-4/h5H,3H2,1-2H3. The molecule has 1 aliphatic rings. The number of aliphatic imine (C=N–C) groups is 1. The van der Waals surface area contributed by atoms with Gasteiger partial charge in [-0.15, -0.1) is 11.8 Å². The van der Waals surface area contributed by atoms with Crippen LogP contribution in [0.3, 0.4) is 0 Å². The van der Waals surface area contributed by atoms with Gasteiger partial charge in [-0.1, -0.05) is 0 Å². The van der Waals surface area contributed by atoms with Crippen molar-refractivity contribution in [2.45, 2.75) is 19.1 Å². The van der Waals surface area contributed by atoms with Gasteiger partial charge in [0.1, 0.15) is 0 Å². The van der Waals surface area contributed by atoms with Crippen molar-refractivity contribution in [3.63, 3.8) is 0 Å². The Morgan fingerprint density at radius 3 is 2.71 bits per heavy atom. The van der Waals surface area contributed by atoms with Gasteiger partial charge in [0.05, 0.1) is 5.88 Å². The predicted molar refractivity (Wildman–Crippen MR) is 35.0 cm³/mol. The van der Waals surface area contributed by atoms with Crippen LogP contribution in [-0.2, 0) is 0 Å². The van der Waals surface area contributed by atoms with E-state index >= 15 is 0 Å². The molecule has 0 N–H and O–H groups in total. The average molecular weight is 115 g/mol. The highest BCUT2D eigenvalue weighted by Crippen LogP contribution is 2.18. The van der Waals surface area contributed by atoms with Crippen molar-refractivity contribution in [1.82, 2.24) is 0 Å². The maximum atomic E-state index is 4.20. The van der Waals surface area contributed by atoms with E-state index in [9.17, 15) is 0 Å². The van der Waals surface area contributed by atoms with E-state index in [2.05, 4.69) is 18.8 Å². The predicted octanol–water partition coefficient (Wildman–Crippen LogP) is 1.54. The van der Waals surface area contributed by atoms with E-state index in [1.807, 2.05) is 11.8 Å². The Bertz CT molecular complexity index is 98.3. The summed E-state index contributed by atoms with van der Waals surface area (Å²) in [6.07, 6.45) is 0. The summed E-state index contributed by atoms with van der Waals surface area (Å²) in [7, 11) is 0. The molecule has 1 unspecified atom stereocenters. The number of hydrogen-bond donors (Lipinski definition) is 0. The Morgan fingerprint density at radius 1 is 1.86 bits per heavy atom. The van der Waals surface area contributed by atoms with Crippen LogP contribution >= 0.6 is 11.8 Å². The molecule has 7 heavy (non-hydrogen) atoms. The molecule has 0 saturated carbocycles. The third-order valence-corrected chi connectivity index (χ3v) is 2.35. The number of thioether (sulfide) groups is 1. The van der Waals surface area contributed by atoms with Crippen molar-refractivity contribution in [3.05, 3.63) is 0 Å². The maximum Gasteiger partial charge on any atom is 0.0850 e. The summed E-state index contributed by atoms with van der Waals surface area (Å²) in [5.74, 6) is 0.979. The Balaban J connectivity index is 2.54. The van der Waals surface area contributed by atoms with Gasteiger partial charge in [-0.05, 0) is 13.8 Å². The molecule has 0 spiro atoms. The fourth-order valence-electron chi connectivity index (χ4n) is 0.500. The zero-order valence-electron chi connectivity index (χ0n) is 4.64. The molecule has 0 bridgehead atoms. The lowest BCUT2D eigenvalue weighted by Gasteiger charge is -1.95. The van der Waals surface area contributed by atoms with Crippen molar-refractivity contribution in [3.8, 4) is 0 Å².